The first-order valence-electron chi connectivity index (χ1n) is 5.28. The maximum Gasteiger partial charge on any atom is 0.292 e. The van der Waals surface area contributed by atoms with Gasteiger partial charge in [0.25, 0.3) is 5.69 Å². The van der Waals surface area contributed by atoms with Crippen LogP contribution in [0.1, 0.15) is 5.56 Å². The Hall–Kier alpha value is -1.62. The summed E-state index contributed by atoms with van der Waals surface area (Å²) in [6.07, 6.45) is 0. The monoisotopic (exact) mass is 221 g/mol. The number of nitro groups is 1. The van der Waals surface area contributed by atoms with Crippen LogP contribution in [0.5, 0.6) is 0 Å². The highest BCUT2D eigenvalue weighted by Crippen LogP contribution is 2.29. The van der Waals surface area contributed by atoms with Crippen molar-refractivity contribution in [1.82, 2.24) is 5.32 Å². The molecule has 0 spiro atoms. The molecular weight excluding hydrogens is 206 g/mol. The fourth-order valence-corrected chi connectivity index (χ4v) is 1.82. The van der Waals surface area contributed by atoms with Gasteiger partial charge in [-0.1, -0.05) is 6.07 Å². The molecule has 5 heteroatoms. The van der Waals surface area contributed by atoms with E-state index in [0.717, 1.165) is 18.7 Å². The number of hydrogen-bond acceptors (Lipinski definition) is 4. The zero-order valence-corrected chi connectivity index (χ0v) is 9.43. The molecule has 0 aliphatic carbocycles. The van der Waals surface area contributed by atoms with Crippen LogP contribution in [0.3, 0.4) is 0 Å². The topological polar surface area (TPSA) is 58.4 Å². The van der Waals surface area contributed by atoms with Crippen molar-refractivity contribution in [3.8, 4) is 0 Å². The number of nitrogens with zero attached hydrogens (tertiary/aromatic N) is 2. The second-order valence-electron chi connectivity index (χ2n) is 4.17. The lowest BCUT2D eigenvalue weighted by atomic mass is 10.1. The molecule has 1 N–H and O–H groups in total. The van der Waals surface area contributed by atoms with Gasteiger partial charge in [0.05, 0.1) is 11.0 Å². The molecule has 1 aromatic rings. The molecule has 1 heterocycles. The predicted molar refractivity (Wildman–Crippen MR) is 62.9 cm³/mol. The first-order chi connectivity index (χ1) is 7.59. The number of benzene rings is 1. The highest BCUT2D eigenvalue weighted by atomic mass is 16.6. The minimum absolute atomic E-state index is 0.189. The average Bonchev–Trinajstić information content (AvgIpc) is 2.14. The van der Waals surface area contributed by atoms with Crippen molar-refractivity contribution in [1.29, 1.82) is 0 Å². The summed E-state index contributed by atoms with van der Waals surface area (Å²) in [4.78, 5) is 12.6. The third-order valence-corrected chi connectivity index (χ3v) is 3.02. The average molecular weight is 221 g/mol. The van der Waals surface area contributed by atoms with E-state index in [4.69, 9.17) is 0 Å². The maximum absolute atomic E-state index is 11.0. The van der Waals surface area contributed by atoms with Crippen molar-refractivity contribution in [3.63, 3.8) is 0 Å². The van der Waals surface area contributed by atoms with Crippen molar-refractivity contribution in [3.05, 3.63) is 33.9 Å². The molecule has 1 aliphatic rings. The number of rotatable bonds is 3. The van der Waals surface area contributed by atoms with Gasteiger partial charge in [0.15, 0.2) is 0 Å². The molecule has 86 valence electrons. The quantitative estimate of drug-likeness (QED) is 0.617. The largest absolute Gasteiger partial charge is 0.364 e. The van der Waals surface area contributed by atoms with E-state index < -0.39 is 0 Å². The summed E-state index contributed by atoms with van der Waals surface area (Å²) in [6, 6.07) is 5.72. The lowest BCUT2D eigenvalue weighted by Gasteiger charge is -2.36. The lowest BCUT2D eigenvalue weighted by Crippen LogP contribution is -2.56. The first-order valence-corrected chi connectivity index (χ1v) is 5.28. The van der Waals surface area contributed by atoms with E-state index in [9.17, 15) is 10.1 Å². The van der Waals surface area contributed by atoms with Crippen molar-refractivity contribution >= 4 is 11.4 Å². The Labute approximate surface area is 94.2 Å². The Morgan fingerprint density at radius 1 is 1.50 bits per heavy atom. The van der Waals surface area contributed by atoms with Crippen LogP contribution < -0.4 is 10.2 Å². The van der Waals surface area contributed by atoms with Gasteiger partial charge in [0, 0.05) is 26.2 Å². The third kappa shape index (κ3) is 1.86. The molecule has 0 aromatic heterocycles. The summed E-state index contributed by atoms with van der Waals surface area (Å²) in [6.45, 7) is 3.64. The Morgan fingerprint density at radius 2 is 2.19 bits per heavy atom. The third-order valence-electron chi connectivity index (χ3n) is 3.02. The van der Waals surface area contributed by atoms with Crippen LogP contribution in [0.4, 0.5) is 11.4 Å². The molecule has 0 amide bonds. The number of nitrogens with one attached hydrogen (secondary N) is 1. The lowest BCUT2D eigenvalue weighted by molar-refractivity contribution is -0.384. The summed E-state index contributed by atoms with van der Waals surface area (Å²) in [5, 5.41) is 14.1. The van der Waals surface area contributed by atoms with Gasteiger partial charge in [0.1, 0.15) is 5.69 Å². The fraction of sp³-hybridized carbons (Fsp3) is 0.455. The van der Waals surface area contributed by atoms with Crippen LogP contribution in [0.2, 0.25) is 0 Å². The molecule has 1 saturated heterocycles. The molecule has 0 unspecified atom stereocenters. The van der Waals surface area contributed by atoms with E-state index in [1.165, 1.54) is 0 Å². The van der Waals surface area contributed by atoms with E-state index in [1.54, 1.807) is 6.07 Å². The molecule has 1 aliphatic heterocycles. The smallest absolute Gasteiger partial charge is 0.292 e. The Morgan fingerprint density at radius 3 is 2.69 bits per heavy atom. The standard InChI is InChI=1S/C11H15N3O2/c1-8-3-4-10(11(5-8)14(15)16)13(2)9-6-12-7-9/h3-5,9,12H,6-7H2,1-2H3. The minimum Gasteiger partial charge on any atom is -0.364 e. The van der Waals surface area contributed by atoms with Gasteiger partial charge in [0.2, 0.25) is 0 Å². The normalized spacial score (nSPS) is 15.6. The van der Waals surface area contributed by atoms with Crippen molar-refractivity contribution in [2.24, 2.45) is 0 Å². The Kier molecular flexibility index (Phi) is 2.78. The van der Waals surface area contributed by atoms with Crippen LogP contribution >= 0.6 is 0 Å². The number of hydrogen-bond donors (Lipinski definition) is 1. The van der Waals surface area contributed by atoms with Crippen LogP contribution in [-0.4, -0.2) is 31.1 Å². The highest BCUT2D eigenvalue weighted by Gasteiger charge is 2.26. The van der Waals surface area contributed by atoms with E-state index >= 15 is 0 Å². The van der Waals surface area contributed by atoms with Crippen LogP contribution in [-0.2, 0) is 0 Å². The van der Waals surface area contributed by atoms with Gasteiger partial charge < -0.3 is 10.2 Å². The SMILES string of the molecule is Cc1ccc(N(C)C2CNC2)c([N+](=O)[O-])c1. The summed E-state index contributed by atoms with van der Waals surface area (Å²) in [5.41, 5.74) is 1.80. The number of likely N-dealkylation sites (N-methyl/N-ethyl adjacent to an activating group) is 1. The Bertz CT molecular complexity index is 416. The van der Waals surface area contributed by atoms with E-state index in [1.807, 2.05) is 31.0 Å². The van der Waals surface area contributed by atoms with E-state index in [2.05, 4.69) is 5.32 Å². The number of nitro benzene ring substituents is 1. The number of aryl methyl sites for hydroxylation is 1. The summed E-state index contributed by atoms with van der Waals surface area (Å²) >= 11 is 0. The van der Waals surface area contributed by atoms with Crippen LogP contribution in [0, 0.1) is 17.0 Å². The molecule has 0 bridgehead atoms. The molecule has 1 aromatic carbocycles. The number of anilines is 1. The van der Waals surface area contributed by atoms with Crippen molar-refractivity contribution in [2.75, 3.05) is 25.0 Å². The zero-order chi connectivity index (χ0) is 11.7. The molecule has 2 rings (SSSR count). The van der Waals surface area contributed by atoms with Gasteiger partial charge >= 0.3 is 0 Å². The summed E-state index contributed by atoms with van der Waals surface area (Å²) < 4.78 is 0. The van der Waals surface area contributed by atoms with Gasteiger partial charge in [-0.05, 0) is 18.6 Å². The molecule has 1 fully saturated rings. The first kappa shape index (κ1) is 10.9. The maximum atomic E-state index is 11.0. The second-order valence-corrected chi connectivity index (χ2v) is 4.17. The van der Waals surface area contributed by atoms with Gasteiger partial charge in [-0.2, -0.15) is 0 Å². The molecule has 0 radical (unpaired) electrons. The van der Waals surface area contributed by atoms with Crippen molar-refractivity contribution in [2.45, 2.75) is 13.0 Å². The molecule has 16 heavy (non-hydrogen) atoms. The van der Waals surface area contributed by atoms with Gasteiger partial charge in [-0.3, -0.25) is 10.1 Å². The van der Waals surface area contributed by atoms with Gasteiger partial charge in [-0.15, -0.1) is 0 Å². The van der Waals surface area contributed by atoms with Crippen molar-refractivity contribution < 1.29 is 4.92 Å². The zero-order valence-electron chi connectivity index (χ0n) is 9.43. The molecular formula is C11H15N3O2. The highest BCUT2D eigenvalue weighted by molar-refractivity contribution is 5.64. The molecule has 0 saturated carbocycles. The minimum atomic E-state index is -0.315. The molecule has 0 atom stereocenters. The molecule has 5 nitrogen and oxygen atoms in total. The Balaban J connectivity index is 2.34. The van der Waals surface area contributed by atoms with Crippen LogP contribution in [0.25, 0.3) is 0 Å². The fourth-order valence-electron chi connectivity index (χ4n) is 1.82. The van der Waals surface area contributed by atoms with E-state index in [-0.39, 0.29) is 10.6 Å². The van der Waals surface area contributed by atoms with Gasteiger partial charge in [-0.25, -0.2) is 0 Å². The van der Waals surface area contributed by atoms with Crippen LogP contribution in [0.15, 0.2) is 18.2 Å². The van der Waals surface area contributed by atoms with E-state index in [0.29, 0.717) is 11.7 Å². The predicted octanol–water partition coefficient (Wildman–Crippen LogP) is 1.31. The second kappa shape index (κ2) is 4.09. The summed E-state index contributed by atoms with van der Waals surface area (Å²) in [7, 11) is 1.91. The summed E-state index contributed by atoms with van der Waals surface area (Å²) in [5.74, 6) is 0.